The Morgan fingerprint density at radius 3 is 2.44 bits per heavy atom. The molecule has 1 aromatic heterocycles. The predicted molar refractivity (Wildman–Crippen MR) is 65.8 cm³/mol. The maximum atomic E-state index is 12.3. The summed E-state index contributed by atoms with van der Waals surface area (Å²) in [6, 6.07) is -0.938. The molecule has 0 radical (unpaired) electrons. The van der Waals surface area contributed by atoms with Gasteiger partial charge in [-0.2, -0.15) is 0 Å². The van der Waals surface area contributed by atoms with Gasteiger partial charge in [-0.15, -0.1) is 0 Å². The van der Waals surface area contributed by atoms with Crippen LogP contribution >= 0.6 is 0 Å². The lowest BCUT2D eigenvalue weighted by molar-refractivity contribution is -0.134. The molecule has 1 aliphatic rings. The monoisotopic (exact) mass is 248 g/mol. The number of hydrogen-bond donors (Lipinski definition) is 1. The first-order valence-electron chi connectivity index (χ1n) is 6.07. The third-order valence-electron chi connectivity index (χ3n) is 3.09. The minimum absolute atomic E-state index is 0.0984. The zero-order chi connectivity index (χ0) is 13.1. The molecule has 0 spiro atoms. The van der Waals surface area contributed by atoms with Crippen LogP contribution in [-0.4, -0.2) is 33.9 Å². The Labute approximate surface area is 105 Å². The quantitative estimate of drug-likeness (QED) is 0.845. The van der Waals surface area contributed by atoms with Gasteiger partial charge in [-0.1, -0.05) is 13.8 Å². The smallest absolute Gasteiger partial charge is 0.250 e. The number of carbonyl (C=O) groups is 2. The highest BCUT2D eigenvalue weighted by atomic mass is 16.2. The van der Waals surface area contributed by atoms with Crippen LogP contribution in [0.5, 0.6) is 0 Å². The number of carbonyl (C=O) groups excluding carboxylic acids is 2. The summed E-state index contributed by atoms with van der Waals surface area (Å²) < 4.78 is 0. The molecule has 6 heteroatoms. The van der Waals surface area contributed by atoms with Crippen LogP contribution in [0.25, 0.3) is 0 Å². The van der Waals surface area contributed by atoms with E-state index < -0.39 is 12.1 Å². The lowest BCUT2D eigenvalue weighted by atomic mass is 10.0. The van der Waals surface area contributed by atoms with E-state index in [9.17, 15) is 9.59 Å². The highest BCUT2D eigenvalue weighted by molar-refractivity contribution is 6.08. The number of nitrogens with zero attached hydrogens (tertiary/aromatic N) is 3. The van der Waals surface area contributed by atoms with Gasteiger partial charge < -0.3 is 5.32 Å². The average Bonchev–Trinajstić information content (AvgIpc) is 2.41. The molecule has 18 heavy (non-hydrogen) atoms. The van der Waals surface area contributed by atoms with Gasteiger partial charge in [0.15, 0.2) is 0 Å². The van der Waals surface area contributed by atoms with Gasteiger partial charge in [0.2, 0.25) is 11.8 Å². The molecule has 0 bridgehead atoms. The van der Waals surface area contributed by atoms with Gasteiger partial charge >= 0.3 is 0 Å². The topological polar surface area (TPSA) is 75.2 Å². The summed E-state index contributed by atoms with van der Waals surface area (Å²) in [6.07, 6.45) is 5.64. The first-order chi connectivity index (χ1) is 8.69. The summed E-state index contributed by atoms with van der Waals surface area (Å²) in [4.78, 5) is 33.6. The molecule has 0 saturated carbocycles. The van der Waals surface area contributed by atoms with Crippen LogP contribution < -0.4 is 10.2 Å². The molecule has 1 aliphatic heterocycles. The number of amides is 2. The summed E-state index contributed by atoms with van der Waals surface area (Å²) in [7, 11) is 0. The highest BCUT2D eigenvalue weighted by Crippen LogP contribution is 2.22. The zero-order valence-electron chi connectivity index (χ0n) is 10.5. The van der Waals surface area contributed by atoms with Crippen molar-refractivity contribution in [3.05, 3.63) is 18.7 Å². The van der Waals surface area contributed by atoms with Crippen molar-refractivity contribution < 1.29 is 9.59 Å². The summed E-state index contributed by atoms with van der Waals surface area (Å²) in [5.41, 5.74) is 0.572. The number of rotatable bonds is 3. The van der Waals surface area contributed by atoms with Crippen molar-refractivity contribution in [2.45, 2.75) is 38.8 Å². The number of aromatic nitrogens is 2. The summed E-state index contributed by atoms with van der Waals surface area (Å²) in [6.45, 7) is 3.75. The molecule has 0 aliphatic carbocycles. The number of anilines is 1. The minimum Gasteiger partial charge on any atom is -0.342 e. The van der Waals surface area contributed by atoms with Gasteiger partial charge in [-0.25, -0.2) is 9.97 Å². The fourth-order valence-electron chi connectivity index (χ4n) is 2.14. The summed E-state index contributed by atoms with van der Waals surface area (Å²) in [5.74, 6) is -0.216. The Morgan fingerprint density at radius 2 is 1.89 bits per heavy atom. The van der Waals surface area contributed by atoms with Crippen molar-refractivity contribution in [1.82, 2.24) is 15.3 Å². The Morgan fingerprint density at radius 1 is 1.22 bits per heavy atom. The van der Waals surface area contributed by atoms with E-state index in [2.05, 4.69) is 15.3 Å². The molecule has 96 valence electrons. The maximum absolute atomic E-state index is 12.3. The van der Waals surface area contributed by atoms with Crippen molar-refractivity contribution in [2.24, 2.45) is 0 Å². The van der Waals surface area contributed by atoms with Gasteiger partial charge in [-0.3, -0.25) is 14.5 Å². The Kier molecular flexibility index (Phi) is 3.55. The van der Waals surface area contributed by atoms with E-state index in [1.54, 1.807) is 12.4 Å². The molecule has 1 N–H and O–H groups in total. The fourth-order valence-corrected chi connectivity index (χ4v) is 2.14. The van der Waals surface area contributed by atoms with Crippen LogP contribution in [-0.2, 0) is 9.59 Å². The SMILES string of the molecule is CCC1NC(=O)C(CC)N(c2cncnc2)C1=O. The first-order valence-corrected chi connectivity index (χ1v) is 6.07. The Balaban J connectivity index is 2.38. The van der Waals surface area contributed by atoms with Crippen LogP contribution in [0.2, 0.25) is 0 Å². The predicted octanol–water partition coefficient (Wildman–Crippen LogP) is 0.497. The summed E-state index contributed by atoms with van der Waals surface area (Å²) >= 11 is 0. The second-order valence-corrected chi connectivity index (χ2v) is 4.20. The molecular formula is C12H16N4O2. The molecule has 2 atom stereocenters. The highest BCUT2D eigenvalue weighted by Gasteiger charge is 2.39. The fraction of sp³-hybridized carbons (Fsp3) is 0.500. The molecule has 2 heterocycles. The van der Waals surface area contributed by atoms with E-state index in [4.69, 9.17) is 0 Å². The van der Waals surface area contributed by atoms with Crippen LogP contribution in [0.15, 0.2) is 18.7 Å². The minimum atomic E-state index is -0.480. The molecule has 0 aromatic carbocycles. The second-order valence-electron chi connectivity index (χ2n) is 4.20. The molecule has 1 aromatic rings. The van der Waals surface area contributed by atoms with Crippen molar-refractivity contribution >= 4 is 17.5 Å². The van der Waals surface area contributed by atoms with E-state index in [1.807, 2.05) is 13.8 Å². The van der Waals surface area contributed by atoms with E-state index in [1.165, 1.54) is 11.2 Å². The third-order valence-corrected chi connectivity index (χ3v) is 3.09. The van der Waals surface area contributed by atoms with Crippen LogP contribution in [0.3, 0.4) is 0 Å². The number of hydrogen-bond acceptors (Lipinski definition) is 4. The standard InChI is InChI=1S/C12H16N4O2/c1-3-9-12(18)16(8-5-13-7-14-6-8)10(4-2)11(17)15-9/h5-7,9-10H,3-4H2,1-2H3,(H,15,17). The van der Waals surface area contributed by atoms with E-state index in [0.29, 0.717) is 18.5 Å². The third kappa shape index (κ3) is 2.05. The summed E-state index contributed by atoms with van der Waals surface area (Å²) in [5, 5.41) is 2.75. The van der Waals surface area contributed by atoms with Crippen molar-refractivity contribution in [1.29, 1.82) is 0 Å². The van der Waals surface area contributed by atoms with E-state index in [-0.39, 0.29) is 11.8 Å². The van der Waals surface area contributed by atoms with E-state index in [0.717, 1.165) is 0 Å². The Bertz CT molecular complexity index is 449. The lowest BCUT2D eigenvalue weighted by Gasteiger charge is -2.37. The van der Waals surface area contributed by atoms with Gasteiger partial charge in [0.1, 0.15) is 18.4 Å². The van der Waals surface area contributed by atoms with Crippen LogP contribution in [0, 0.1) is 0 Å². The normalized spacial score (nSPS) is 24.0. The van der Waals surface area contributed by atoms with Gasteiger partial charge in [0.05, 0.1) is 18.1 Å². The van der Waals surface area contributed by atoms with Gasteiger partial charge in [0.25, 0.3) is 0 Å². The first kappa shape index (κ1) is 12.5. The molecule has 2 rings (SSSR count). The van der Waals surface area contributed by atoms with Crippen molar-refractivity contribution in [2.75, 3.05) is 4.90 Å². The van der Waals surface area contributed by atoms with E-state index >= 15 is 0 Å². The molecule has 1 fully saturated rings. The molecule has 2 amide bonds. The zero-order valence-corrected chi connectivity index (χ0v) is 10.5. The van der Waals surface area contributed by atoms with Crippen LogP contribution in [0.1, 0.15) is 26.7 Å². The van der Waals surface area contributed by atoms with Gasteiger partial charge in [-0.05, 0) is 12.8 Å². The van der Waals surface area contributed by atoms with Crippen molar-refractivity contribution in [3.63, 3.8) is 0 Å². The second kappa shape index (κ2) is 5.12. The molecular weight excluding hydrogens is 232 g/mol. The van der Waals surface area contributed by atoms with Gasteiger partial charge in [0, 0.05) is 0 Å². The Hall–Kier alpha value is -1.98. The van der Waals surface area contributed by atoms with Crippen LogP contribution in [0.4, 0.5) is 5.69 Å². The number of piperazine rings is 1. The molecule has 6 nitrogen and oxygen atoms in total. The largest absolute Gasteiger partial charge is 0.342 e. The molecule has 1 saturated heterocycles. The lowest BCUT2D eigenvalue weighted by Crippen LogP contribution is -2.63. The number of nitrogens with one attached hydrogen (secondary N) is 1. The maximum Gasteiger partial charge on any atom is 0.250 e. The molecule has 2 unspecified atom stereocenters. The average molecular weight is 248 g/mol. The van der Waals surface area contributed by atoms with Crippen molar-refractivity contribution in [3.8, 4) is 0 Å².